The van der Waals surface area contributed by atoms with E-state index in [4.69, 9.17) is 23.8 Å². The number of furan rings is 2. The zero-order valence-corrected chi connectivity index (χ0v) is 32.2. The van der Waals surface area contributed by atoms with Crippen molar-refractivity contribution in [1.29, 1.82) is 0 Å². The number of nitrogens with zero attached hydrogens (tertiary/aromatic N) is 3. The Bertz CT molecular complexity index is 3470. The van der Waals surface area contributed by atoms with Gasteiger partial charge in [-0.1, -0.05) is 170 Å². The number of aromatic nitrogens is 3. The molecule has 0 unspecified atom stereocenters. The summed E-state index contributed by atoms with van der Waals surface area (Å²) in [6.45, 7) is 0. The van der Waals surface area contributed by atoms with Crippen LogP contribution in [0.2, 0.25) is 0 Å². The molecule has 0 aliphatic heterocycles. The molecule has 12 aromatic rings. The lowest BCUT2D eigenvalue weighted by atomic mass is 9.85. The summed E-state index contributed by atoms with van der Waals surface area (Å²) in [5.74, 6) is 1.56. The Morgan fingerprint density at radius 3 is 1.27 bits per heavy atom. The van der Waals surface area contributed by atoms with Gasteiger partial charge in [-0.2, -0.15) is 0 Å². The van der Waals surface area contributed by atoms with Crippen molar-refractivity contribution in [1.82, 2.24) is 15.0 Å². The standard InChI is InChI=1S/C55H33N3O2/c1-3-17-34(18-4-1)36-21-7-8-22-37(36)47-33-46(35-19-5-2-6-20-35)38-23-9-10-26-41(38)50(47)55-57-53(44-29-15-27-42-39-24-11-13-31-48(39)59-51(42)44)56-54(58-55)45-30-16-28-43-40-25-12-14-32-49(40)60-52(43)45/h1-33H. The van der Waals surface area contributed by atoms with Gasteiger partial charge in [0.2, 0.25) is 0 Å². The van der Waals surface area contributed by atoms with Crippen LogP contribution >= 0.6 is 0 Å². The number of rotatable bonds is 6. The molecule has 0 aliphatic carbocycles. The second kappa shape index (κ2) is 13.8. The number of fused-ring (bicyclic) bond motifs is 7. The van der Waals surface area contributed by atoms with Gasteiger partial charge in [0.05, 0.1) is 11.1 Å². The Kier molecular flexibility index (Phi) is 7.78. The third-order valence-electron chi connectivity index (χ3n) is 11.6. The molecule has 0 spiro atoms. The molecule has 0 N–H and O–H groups in total. The minimum Gasteiger partial charge on any atom is -0.455 e. The van der Waals surface area contributed by atoms with Gasteiger partial charge in [-0.15, -0.1) is 0 Å². The van der Waals surface area contributed by atoms with E-state index in [1.165, 1.54) is 0 Å². The highest BCUT2D eigenvalue weighted by Gasteiger charge is 2.25. The van der Waals surface area contributed by atoms with E-state index in [-0.39, 0.29) is 0 Å². The minimum absolute atomic E-state index is 0.506. The third-order valence-corrected chi connectivity index (χ3v) is 11.6. The van der Waals surface area contributed by atoms with Gasteiger partial charge in [0.15, 0.2) is 17.5 Å². The van der Waals surface area contributed by atoms with Gasteiger partial charge in [-0.3, -0.25) is 0 Å². The van der Waals surface area contributed by atoms with Crippen LogP contribution in [-0.4, -0.2) is 15.0 Å². The maximum atomic E-state index is 6.61. The lowest BCUT2D eigenvalue weighted by Crippen LogP contribution is -2.03. The van der Waals surface area contributed by atoms with Crippen LogP contribution in [0, 0.1) is 0 Å². The molecule has 3 aromatic heterocycles. The molecule has 280 valence electrons. The van der Waals surface area contributed by atoms with E-state index >= 15 is 0 Å². The fourth-order valence-electron chi connectivity index (χ4n) is 8.85. The van der Waals surface area contributed by atoms with E-state index in [2.05, 4.69) is 140 Å². The number of para-hydroxylation sites is 4. The van der Waals surface area contributed by atoms with Gasteiger partial charge in [0.25, 0.3) is 0 Å². The Morgan fingerprint density at radius 1 is 0.267 bits per heavy atom. The van der Waals surface area contributed by atoms with Gasteiger partial charge in [-0.05, 0) is 74.5 Å². The normalized spacial score (nSPS) is 11.7. The lowest BCUT2D eigenvalue weighted by molar-refractivity contribution is 0.669. The average Bonchev–Trinajstić information content (AvgIpc) is 3.90. The average molecular weight is 768 g/mol. The van der Waals surface area contributed by atoms with Gasteiger partial charge in [-0.25, -0.2) is 15.0 Å². The highest BCUT2D eigenvalue weighted by atomic mass is 16.3. The molecule has 0 fully saturated rings. The van der Waals surface area contributed by atoms with Crippen molar-refractivity contribution in [3.63, 3.8) is 0 Å². The zero-order valence-electron chi connectivity index (χ0n) is 32.2. The van der Waals surface area contributed by atoms with Crippen LogP contribution in [0.4, 0.5) is 0 Å². The van der Waals surface area contributed by atoms with Crippen molar-refractivity contribution in [3.05, 3.63) is 200 Å². The maximum Gasteiger partial charge on any atom is 0.167 e. The molecule has 0 saturated carbocycles. The predicted octanol–water partition coefficient (Wildman–Crippen LogP) is 14.8. The van der Waals surface area contributed by atoms with E-state index in [1.54, 1.807) is 0 Å². The van der Waals surface area contributed by atoms with Crippen molar-refractivity contribution in [2.45, 2.75) is 0 Å². The highest BCUT2D eigenvalue weighted by Crippen LogP contribution is 2.46. The second-order valence-corrected chi connectivity index (χ2v) is 15.0. The minimum atomic E-state index is 0.506. The third kappa shape index (κ3) is 5.44. The van der Waals surface area contributed by atoms with Crippen LogP contribution in [0.5, 0.6) is 0 Å². The fourth-order valence-corrected chi connectivity index (χ4v) is 8.85. The van der Waals surface area contributed by atoms with Crippen LogP contribution in [-0.2, 0) is 0 Å². The molecule has 12 rings (SSSR count). The Morgan fingerprint density at radius 2 is 0.683 bits per heavy atom. The first-order valence-electron chi connectivity index (χ1n) is 20.1. The van der Waals surface area contributed by atoms with E-state index in [0.717, 1.165) is 105 Å². The van der Waals surface area contributed by atoms with Gasteiger partial charge >= 0.3 is 0 Å². The van der Waals surface area contributed by atoms with Crippen molar-refractivity contribution in [2.24, 2.45) is 0 Å². The summed E-state index contributed by atoms with van der Waals surface area (Å²) in [7, 11) is 0. The molecule has 60 heavy (non-hydrogen) atoms. The van der Waals surface area contributed by atoms with Crippen LogP contribution in [0.15, 0.2) is 209 Å². The molecule has 0 saturated heterocycles. The highest BCUT2D eigenvalue weighted by molar-refractivity contribution is 6.13. The molecule has 5 nitrogen and oxygen atoms in total. The van der Waals surface area contributed by atoms with Crippen molar-refractivity contribution in [2.75, 3.05) is 0 Å². The Labute approximate surface area is 344 Å². The smallest absolute Gasteiger partial charge is 0.167 e. The van der Waals surface area contributed by atoms with E-state index in [0.29, 0.717) is 17.5 Å². The van der Waals surface area contributed by atoms with E-state index < -0.39 is 0 Å². The summed E-state index contributed by atoms with van der Waals surface area (Å²) in [6.07, 6.45) is 0. The molecular weight excluding hydrogens is 735 g/mol. The topological polar surface area (TPSA) is 65.0 Å². The van der Waals surface area contributed by atoms with Crippen LogP contribution in [0.1, 0.15) is 0 Å². The quantitative estimate of drug-likeness (QED) is 0.169. The lowest BCUT2D eigenvalue weighted by Gasteiger charge is -2.20. The first-order chi connectivity index (χ1) is 29.8. The Hall–Kier alpha value is -8.15. The van der Waals surface area contributed by atoms with Crippen LogP contribution in [0.3, 0.4) is 0 Å². The molecule has 0 atom stereocenters. The van der Waals surface area contributed by atoms with E-state index in [9.17, 15) is 0 Å². The van der Waals surface area contributed by atoms with Crippen LogP contribution in [0.25, 0.3) is 122 Å². The van der Waals surface area contributed by atoms with E-state index in [1.807, 2.05) is 60.7 Å². The van der Waals surface area contributed by atoms with Gasteiger partial charge < -0.3 is 8.83 Å². The molecular formula is C55H33N3O2. The first kappa shape index (κ1) is 33.9. The largest absolute Gasteiger partial charge is 0.455 e. The fraction of sp³-hybridized carbons (Fsp3) is 0. The first-order valence-corrected chi connectivity index (χ1v) is 20.1. The SMILES string of the molecule is c1ccc(-c2ccccc2-c2cc(-c3ccccc3)c3ccccc3c2-c2nc(-c3cccc4c3oc3ccccc34)nc(-c3cccc4c3oc3ccccc34)n2)cc1. The number of hydrogen-bond donors (Lipinski definition) is 0. The second-order valence-electron chi connectivity index (χ2n) is 15.0. The number of benzene rings is 9. The molecule has 0 aliphatic rings. The molecule has 3 heterocycles. The van der Waals surface area contributed by atoms with Crippen molar-refractivity contribution >= 4 is 54.6 Å². The molecule has 0 bridgehead atoms. The molecule has 9 aromatic carbocycles. The molecule has 0 amide bonds. The summed E-state index contributed by atoms with van der Waals surface area (Å²) in [5, 5.41) is 6.21. The monoisotopic (exact) mass is 767 g/mol. The predicted molar refractivity (Wildman–Crippen MR) is 245 cm³/mol. The zero-order chi connectivity index (χ0) is 39.6. The maximum absolute atomic E-state index is 6.61. The van der Waals surface area contributed by atoms with Crippen molar-refractivity contribution < 1.29 is 8.83 Å². The molecule has 5 heteroatoms. The molecule has 0 radical (unpaired) electrons. The number of hydrogen-bond acceptors (Lipinski definition) is 5. The summed E-state index contributed by atoms with van der Waals surface area (Å²) in [5.41, 5.74) is 12.1. The summed E-state index contributed by atoms with van der Waals surface area (Å²) < 4.78 is 13.2. The summed E-state index contributed by atoms with van der Waals surface area (Å²) in [6, 6.07) is 69.3. The van der Waals surface area contributed by atoms with Crippen molar-refractivity contribution in [3.8, 4) is 67.5 Å². The summed E-state index contributed by atoms with van der Waals surface area (Å²) in [4.78, 5) is 16.3. The van der Waals surface area contributed by atoms with Gasteiger partial charge in [0, 0.05) is 27.1 Å². The van der Waals surface area contributed by atoms with Crippen LogP contribution < -0.4 is 0 Å². The Balaban J connectivity index is 1.22. The van der Waals surface area contributed by atoms with Gasteiger partial charge in [0.1, 0.15) is 22.3 Å². The summed E-state index contributed by atoms with van der Waals surface area (Å²) >= 11 is 0.